The van der Waals surface area contributed by atoms with Crippen LogP contribution in [0.4, 0.5) is 15.6 Å². The molecule has 0 radical (unpaired) electrons. The SMILES string of the molecule is CCc1nc(NC(=O)Nc2ccc(CC(C)C)cc2)sc1-c1ccncc1. The van der Waals surface area contributed by atoms with Gasteiger partial charge in [-0.05, 0) is 54.2 Å². The molecule has 0 aliphatic rings. The maximum absolute atomic E-state index is 12.3. The van der Waals surface area contributed by atoms with E-state index in [1.807, 2.05) is 24.3 Å². The van der Waals surface area contributed by atoms with Crippen molar-refractivity contribution < 1.29 is 4.79 Å². The Morgan fingerprint density at radius 1 is 1.07 bits per heavy atom. The van der Waals surface area contributed by atoms with E-state index in [4.69, 9.17) is 0 Å². The van der Waals surface area contributed by atoms with Gasteiger partial charge in [-0.15, -0.1) is 0 Å². The van der Waals surface area contributed by atoms with Crippen LogP contribution in [-0.4, -0.2) is 16.0 Å². The average Bonchev–Trinajstić information content (AvgIpc) is 3.06. The molecule has 2 N–H and O–H groups in total. The lowest BCUT2D eigenvalue weighted by atomic mass is 10.0. The van der Waals surface area contributed by atoms with E-state index in [-0.39, 0.29) is 6.03 Å². The number of carbonyl (C=O) groups is 1. The number of pyridine rings is 1. The van der Waals surface area contributed by atoms with Gasteiger partial charge in [0.1, 0.15) is 0 Å². The highest BCUT2D eigenvalue weighted by molar-refractivity contribution is 7.19. The van der Waals surface area contributed by atoms with Gasteiger partial charge in [0.15, 0.2) is 5.13 Å². The molecule has 0 fully saturated rings. The fourth-order valence-corrected chi connectivity index (χ4v) is 3.88. The minimum Gasteiger partial charge on any atom is -0.308 e. The molecule has 0 unspecified atom stereocenters. The third-order valence-corrected chi connectivity index (χ3v) is 5.11. The van der Waals surface area contributed by atoms with Gasteiger partial charge in [0.05, 0.1) is 10.6 Å². The van der Waals surface area contributed by atoms with E-state index in [0.29, 0.717) is 11.0 Å². The molecule has 0 atom stereocenters. The number of nitrogens with zero attached hydrogens (tertiary/aromatic N) is 2. The summed E-state index contributed by atoms with van der Waals surface area (Å²) in [6.45, 7) is 6.44. The van der Waals surface area contributed by atoms with Gasteiger partial charge < -0.3 is 5.32 Å². The van der Waals surface area contributed by atoms with E-state index in [2.05, 4.69) is 53.5 Å². The van der Waals surface area contributed by atoms with Crippen molar-refractivity contribution in [3.8, 4) is 10.4 Å². The number of anilines is 2. The molecule has 27 heavy (non-hydrogen) atoms. The Balaban J connectivity index is 1.67. The Labute approximate surface area is 163 Å². The van der Waals surface area contributed by atoms with Crippen LogP contribution in [0.25, 0.3) is 10.4 Å². The topological polar surface area (TPSA) is 66.9 Å². The number of hydrogen-bond donors (Lipinski definition) is 2. The van der Waals surface area contributed by atoms with Crippen LogP contribution < -0.4 is 10.6 Å². The summed E-state index contributed by atoms with van der Waals surface area (Å²) in [7, 11) is 0. The van der Waals surface area contributed by atoms with Crippen LogP contribution in [0.3, 0.4) is 0 Å². The quantitative estimate of drug-likeness (QED) is 0.584. The summed E-state index contributed by atoms with van der Waals surface area (Å²) in [5.41, 5.74) is 4.07. The van der Waals surface area contributed by atoms with Crippen molar-refractivity contribution in [2.45, 2.75) is 33.6 Å². The summed E-state index contributed by atoms with van der Waals surface area (Å²) in [5.74, 6) is 0.611. The summed E-state index contributed by atoms with van der Waals surface area (Å²) in [6, 6.07) is 11.6. The van der Waals surface area contributed by atoms with Gasteiger partial charge in [-0.1, -0.05) is 44.2 Å². The monoisotopic (exact) mass is 380 g/mol. The first kappa shape index (κ1) is 19.0. The number of urea groups is 1. The van der Waals surface area contributed by atoms with Crippen LogP contribution in [0.15, 0.2) is 48.8 Å². The van der Waals surface area contributed by atoms with Crippen molar-refractivity contribution in [3.05, 3.63) is 60.0 Å². The second-order valence-electron chi connectivity index (χ2n) is 6.76. The minimum atomic E-state index is -0.288. The molecule has 140 valence electrons. The summed E-state index contributed by atoms with van der Waals surface area (Å²) < 4.78 is 0. The molecule has 6 heteroatoms. The number of aromatic nitrogens is 2. The van der Waals surface area contributed by atoms with Gasteiger partial charge in [-0.2, -0.15) is 0 Å². The molecular formula is C21H24N4OS. The largest absolute Gasteiger partial charge is 0.325 e. The number of nitrogens with one attached hydrogen (secondary N) is 2. The van der Waals surface area contributed by atoms with E-state index < -0.39 is 0 Å². The normalized spacial score (nSPS) is 10.8. The molecule has 2 amide bonds. The van der Waals surface area contributed by atoms with Gasteiger partial charge in [0.2, 0.25) is 0 Å². The molecule has 0 spiro atoms. The molecule has 2 aromatic heterocycles. The highest BCUT2D eigenvalue weighted by Gasteiger charge is 2.13. The molecular weight excluding hydrogens is 356 g/mol. The van der Waals surface area contributed by atoms with Gasteiger partial charge in [0, 0.05) is 18.1 Å². The lowest BCUT2D eigenvalue weighted by molar-refractivity contribution is 0.262. The first-order valence-electron chi connectivity index (χ1n) is 9.12. The first-order chi connectivity index (χ1) is 13.0. The summed E-state index contributed by atoms with van der Waals surface area (Å²) in [6.07, 6.45) is 5.35. The Kier molecular flexibility index (Phi) is 6.19. The van der Waals surface area contributed by atoms with Gasteiger partial charge >= 0.3 is 6.03 Å². The van der Waals surface area contributed by atoms with Crippen LogP contribution >= 0.6 is 11.3 Å². The number of benzene rings is 1. The number of rotatable bonds is 6. The van der Waals surface area contributed by atoms with Crippen LogP contribution in [0.2, 0.25) is 0 Å². The number of thiazole rings is 1. The molecule has 1 aromatic carbocycles. The molecule has 3 rings (SSSR count). The smallest absolute Gasteiger partial charge is 0.308 e. The minimum absolute atomic E-state index is 0.288. The molecule has 0 saturated heterocycles. The fourth-order valence-electron chi connectivity index (χ4n) is 2.83. The number of aryl methyl sites for hydroxylation is 1. The zero-order valence-corrected chi connectivity index (χ0v) is 16.6. The van der Waals surface area contributed by atoms with Crippen molar-refractivity contribution >= 4 is 28.2 Å². The zero-order valence-electron chi connectivity index (χ0n) is 15.8. The molecule has 5 nitrogen and oxygen atoms in total. The highest BCUT2D eigenvalue weighted by Crippen LogP contribution is 2.33. The predicted molar refractivity (Wildman–Crippen MR) is 112 cm³/mol. The van der Waals surface area contributed by atoms with Crippen molar-refractivity contribution in [3.63, 3.8) is 0 Å². The second kappa shape index (κ2) is 8.77. The molecule has 3 aromatic rings. The highest BCUT2D eigenvalue weighted by atomic mass is 32.1. The summed E-state index contributed by atoms with van der Waals surface area (Å²) in [4.78, 5) is 22.0. The van der Waals surface area contributed by atoms with E-state index in [1.54, 1.807) is 12.4 Å². The second-order valence-corrected chi connectivity index (χ2v) is 7.76. The van der Waals surface area contributed by atoms with Crippen LogP contribution in [0.1, 0.15) is 32.0 Å². The van der Waals surface area contributed by atoms with E-state index in [9.17, 15) is 4.79 Å². The molecule has 0 aliphatic carbocycles. The van der Waals surface area contributed by atoms with Crippen molar-refractivity contribution in [2.24, 2.45) is 5.92 Å². The molecule has 0 bridgehead atoms. The van der Waals surface area contributed by atoms with Crippen LogP contribution in [-0.2, 0) is 12.8 Å². The number of carbonyl (C=O) groups excluding carboxylic acids is 1. The van der Waals surface area contributed by atoms with E-state index in [1.165, 1.54) is 16.9 Å². The molecule has 0 saturated carbocycles. The maximum atomic E-state index is 12.3. The van der Waals surface area contributed by atoms with E-state index >= 15 is 0 Å². The molecule has 0 aliphatic heterocycles. The van der Waals surface area contributed by atoms with Gasteiger partial charge in [-0.25, -0.2) is 9.78 Å². The third-order valence-electron chi connectivity index (χ3n) is 4.05. The maximum Gasteiger partial charge on any atom is 0.325 e. The first-order valence-corrected chi connectivity index (χ1v) is 9.94. The van der Waals surface area contributed by atoms with Crippen molar-refractivity contribution in [2.75, 3.05) is 10.6 Å². The lowest BCUT2D eigenvalue weighted by Crippen LogP contribution is -2.19. The molecule has 2 heterocycles. The number of amides is 2. The van der Waals surface area contributed by atoms with Crippen LogP contribution in [0.5, 0.6) is 0 Å². The summed E-state index contributed by atoms with van der Waals surface area (Å²) in [5, 5.41) is 6.30. The Bertz CT molecular complexity index is 888. The Morgan fingerprint density at radius 3 is 2.41 bits per heavy atom. The summed E-state index contributed by atoms with van der Waals surface area (Å²) >= 11 is 1.47. The van der Waals surface area contributed by atoms with Crippen molar-refractivity contribution in [1.29, 1.82) is 0 Å². The predicted octanol–water partition coefficient (Wildman–Crippen LogP) is 5.61. The average molecular weight is 381 g/mol. The van der Waals surface area contributed by atoms with Gasteiger partial charge in [0.25, 0.3) is 0 Å². The zero-order chi connectivity index (χ0) is 19.2. The van der Waals surface area contributed by atoms with Gasteiger partial charge in [-0.3, -0.25) is 10.3 Å². The number of hydrogen-bond acceptors (Lipinski definition) is 4. The Morgan fingerprint density at radius 2 is 1.78 bits per heavy atom. The fraction of sp³-hybridized carbons (Fsp3) is 0.286. The lowest BCUT2D eigenvalue weighted by Gasteiger charge is -2.08. The van der Waals surface area contributed by atoms with E-state index in [0.717, 1.165) is 34.7 Å². The standard InChI is InChI=1S/C21H24N4OS/c1-4-18-19(16-9-11-22-12-10-16)27-21(24-18)25-20(26)23-17-7-5-15(6-8-17)13-14(2)3/h5-12,14H,4,13H2,1-3H3,(H2,23,24,25,26). The van der Waals surface area contributed by atoms with Crippen molar-refractivity contribution in [1.82, 2.24) is 9.97 Å². The van der Waals surface area contributed by atoms with Crippen LogP contribution in [0, 0.1) is 5.92 Å². The Hall–Kier alpha value is -2.73. The third kappa shape index (κ3) is 5.14.